The van der Waals surface area contributed by atoms with Crippen molar-refractivity contribution in [3.8, 4) is 16.9 Å². The number of hydrogen-bond acceptors (Lipinski definition) is 12. The highest BCUT2D eigenvalue weighted by molar-refractivity contribution is 7.53. The summed E-state index contributed by atoms with van der Waals surface area (Å²) < 4.78 is 39.1. The summed E-state index contributed by atoms with van der Waals surface area (Å²) in [6, 6.07) is 15.0. The zero-order chi connectivity index (χ0) is 28.1. The van der Waals surface area contributed by atoms with Crippen molar-refractivity contribution in [2.45, 2.75) is 26.3 Å². The van der Waals surface area contributed by atoms with Crippen molar-refractivity contribution < 1.29 is 37.4 Å². The SMILES string of the molecule is CCOC(=O)COP(=O)(CN[C@@H](Cc1ccc(-c2ccccc2OC)cc1)c1nn[nH]n1)OCC(=O)OCC. The van der Waals surface area contributed by atoms with Gasteiger partial charge < -0.3 is 14.2 Å². The molecule has 1 atom stereocenters. The molecule has 2 aromatic carbocycles. The minimum atomic E-state index is -4.00. The Morgan fingerprint density at radius 3 is 2.18 bits per heavy atom. The molecule has 0 bridgehead atoms. The second-order valence-electron chi connectivity index (χ2n) is 8.05. The molecular formula is C25H32N5O8P. The van der Waals surface area contributed by atoms with Crippen LogP contribution >= 0.6 is 7.60 Å². The van der Waals surface area contributed by atoms with E-state index in [1.807, 2.05) is 48.5 Å². The summed E-state index contributed by atoms with van der Waals surface area (Å²) in [7, 11) is -2.38. The van der Waals surface area contributed by atoms with Gasteiger partial charge in [-0.3, -0.25) is 18.9 Å². The van der Waals surface area contributed by atoms with Crippen molar-refractivity contribution in [3.05, 3.63) is 59.9 Å². The van der Waals surface area contributed by atoms with Crippen LogP contribution in [0, 0.1) is 0 Å². The minimum absolute atomic E-state index is 0.129. The van der Waals surface area contributed by atoms with E-state index in [1.165, 1.54) is 0 Å². The lowest BCUT2D eigenvalue weighted by Gasteiger charge is -2.21. The first-order valence-electron chi connectivity index (χ1n) is 12.3. The van der Waals surface area contributed by atoms with Crippen molar-refractivity contribution in [1.29, 1.82) is 0 Å². The number of carbonyl (C=O) groups is 2. The van der Waals surface area contributed by atoms with E-state index in [9.17, 15) is 14.2 Å². The molecule has 0 aliphatic carbocycles. The van der Waals surface area contributed by atoms with Gasteiger partial charge in [0.1, 0.15) is 5.75 Å². The van der Waals surface area contributed by atoms with Crippen LogP contribution in [0.3, 0.4) is 0 Å². The van der Waals surface area contributed by atoms with Crippen molar-refractivity contribution in [2.24, 2.45) is 0 Å². The van der Waals surface area contributed by atoms with E-state index < -0.39 is 38.8 Å². The number of tetrazole rings is 1. The van der Waals surface area contributed by atoms with Crippen LogP contribution in [0.5, 0.6) is 5.75 Å². The standard InChI is InChI=1S/C25H32N5O8P/c1-4-35-23(31)15-37-39(33,38-16-24(32)36-5-2)17-26-21(25-27-29-30-28-25)14-18-10-12-19(13-11-18)20-8-6-7-9-22(20)34-3/h6-13,21,26H,4-5,14-17H2,1-3H3,(H,27,28,29,30)/t21-/m0/s1. The number of para-hydroxylation sites is 1. The van der Waals surface area contributed by atoms with Gasteiger partial charge in [-0.25, -0.2) is 9.59 Å². The average molecular weight is 562 g/mol. The Morgan fingerprint density at radius 1 is 0.974 bits per heavy atom. The number of benzene rings is 2. The number of H-pyrrole nitrogens is 1. The van der Waals surface area contributed by atoms with Crippen molar-refractivity contribution in [2.75, 3.05) is 39.8 Å². The fourth-order valence-corrected chi connectivity index (χ4v) is 4.87. The molecule has 3 rings (SSSR count). The molecule has 0 spiro atoms. The van der Waals surface area contributed by atoms with Gasteiger partial charge in [0.2, 0.25) is 0 Å². The maximum Gasteiger partial charge on any atom is 0.345 e. The van der Waals surface area contributed by atoms with Gasteiger partial charge in [-0.1, -0.05) is 47.7 Å². The quantitative estimate of drug-likeness (QED) is 0.194. The largest absolute Gasteiger partial charge is 0.496 e. The summed E-state index contributed by atoms with van der Waals surface area (Å²) in [4.78, 5) is 23.6. The Kier molecular flexibility index (Phi) is 11.6. The van der Waals surface area contributed by atoms with Crippen molar-refractivity contribution in [3.63, 3.8) is 0 Å². The lowest BCUT2D eigenvalue weighted by Crippen LogP contribution is -2.28. The highest BCUT2D eigenvalue weighted by atomic mass is 31.2. The summed E-state index contributed by atoms with van der Waals surface area (Å²) >= 11 is 0. The normalized spacial score (nSPS) is 12.1. The van der Waals surface area contributed by atoms with Gasteiger partial charge in [0.25, 0.3) is 0 Å². The van der Waals surface area contributed by atoms with Crippen LogP contribution in [0.15, 0.2) is 48.5 Å². The van der Waals surface area contributed by atoms with Gasteiger partial charge >= 0.3 is 19.5 Å². The molecule has 0 aliphatic rings. The molecular weight excluding hydrogens is 529 g/mol. The number of hydrogen-bond donors (Lipinski definition) is 2. The third-order valence-electron chi connectivity index (χ3n) is 5.39. The predicted molar refractivity (Wildman–Crippen MR) is 140 cm³/mol. The Morgan fingerprint density at radius 2 is 1.62 bits per heavy atom. The number of ether oxygens (including phenoxy) is 3. The van der Waals surface area contributed by atoms with Crippen molar-refractivity contribution >= 4 is 19.5 Å². The first-order valence-corrected chi connectivity index (χ1v) is 14.0. The maximum absolute atomic E-state index is 13.4. The average Bonchev–Trinajstić information content (AvgIpc) is 3.49. The maximum atomic E-state index is 13.4. The number of nitrogens with zero attached hydrogens (tertiary/aromatic N) is 3. The molecule has 0 fully saturated rings. The lowest BCUT2D eigenvalue weighted by atomic mass is 10.00. The molecule has 39 heavy (non-hydrogen) atoms. The van der Waals surface area contributed by atoms with Crippen LogP contribution in [0.1, 0.15) is 31.3 Å². The molecule has 0 unspecified atom stereocenters. The number of aromatic nitrogens is 4. The van der Waals surface area contributed by atoms with Gasteiger partial charge in [0.05, 0.1) is 32.7 Å². The minimum Gasteiger partial charge on any atom is -0.496 e. The molecule has 0 saturated heterocycles. The van der Waals surface area contributed by atoms with Crippen LogP contribution in [0.4, 0.5) is 0 Å². The Labute approximate surface area is 226 Å². The molecule has 0 aliphatic heterocycles. The summed E-state index contributed by atoms with van der Waals surface area (Å²) in [5, 5.41) is 17.2. The van der Waals surface area contributed by atoms with E-state index >= 15 is 0 Å². The smallest absolute Gasteiger partial charge is 0.345 e. The molecule has 13 nitrogen and oxygen atoms in total. The first-order chi connectivity index (χ1) is 18.9. The predicted octanol–water partition coefficient (Wildman–Crippen LogP) is 3.06. The van der Waals surface area contributed by atoms with Crippen LogP contribution in [-0.2, 0) is 39.1 Å². The van der Waals surface area contributed by atoms with E-state index in [0.29, 0.717) is 12.2 Å². The van der Waals surface area contributed by atoms with Crippen LogP contribution < -0.4 is 10.1 Å². The zero-order valence-electron chi connectivity index (χ0n) is 22.0. The summed E-state index contributed by atoms with van der Waals surface area (Å²) in [5.74, 6) is -0.367. The fourth-order valence-electron chi connectivity index (χ4n) is 3.57. The highest BCUT2D eigenvalue weighted by Gasteiger charge is 2.30. The van der Waals surface area contributed by atoms with Gasteiger partial charge in [-0.05, 0) is 37.5 Å². The first kappa shape index (κ1) is 29.9. The summed E-state index contributed by atoms with van der Waals surface area (Å²) in [6.07, 6.45) is 0.0335. The van der Waals surface area contributed by atoms with E-state index in [0.717, 1.165) is 22.4 Å². The van der Waals surface area contributed by atoms with Crippen LogP contribution in [0.2, 0.25) is 0 Å². The molecule has 0 saturated carbocycles. The monoisotopic (exact) mass is 561 g/mol. The zero-order valence-corrected chi connectivity index (χ0v) is 22.9. The summed E-state index contributed by atoms with van der Waals surface area (Å²) in [5.41, 5.74) is 2.85. The molecule has 14 heteroatoms. The summed E-state index contributed by atoms with van der Waals surface area (Å²) in [6.45, 7) is 2.29. The Balaban J connectivity index is 1.74. The third kappa shape index (κ3) is 9.25. The molecule has 0 amide bonds. The number of carbonyl (C=O) groups excluding carboxylic acids is 2. The van der Waals surface area contributed by atoms with Gasteiger partial charge in [0.15, 0.2) is 19.0 Å². The second-order valence-corrected chi connectivity index (χ2v) is 10.1. The molecule has 2 N–H and O–H groups in total. The molecule has 1 heterocycles. The number of rotatable bonds is 16. The Hall–Kier alpha value is -3.64. The van der Waals surface area contributed by atoms with E-state index in [-0.39, 0.29) is 19.5 Å². The number of methoxy groups -OCH3 is 1. The number of nitrogens with one attached hydrogen (secondary N) is 2. The molecule has 3 aromatic rings. The van der Waals surface area contributed by atoms with Crippen molar-refractivity contribution in [1.82, 2.24) is 25.9 Å². The highest BCUT2D eigenvalue weighted by Crippen LogP contribution is 2.47. The van der Waals surface area contributed by atoms with E-state index in [4.69, 9.17) is 23.3 Å². The van der Waals surface area contributed by atoms with Crippen LogP contribution in [0.25, 0.3) is 11.1 Å². The van der Waals surface area contributed by atoms with Crippen LogP contribution in [-0.4, -0.2) is 72.4 Å². The van der Waals surface area contributed by atoms with Gasteiger partial charge in [0, 0.05) is 5.56 Å². The van der Waals surface area contributed by atoms with Gasteiger partial charge in [-0.2, -0.15) is 5.21 Å². The third-order valence-corrected chi connectivity index (χ3v) is 7.00. The Bertz CT molecular complexity index is 1210. The number of aromatic amines is 1. The molecule has 0 radical (unpaired) electrons. The van der Waals surface area contributed by atoms with Gasteiger partial charge in [-0.15, -0.1) is 10.2 Å². The molecule has 210 valence electrons. The van der Waals surface area contributed by atoms with E-state index in [2.05, 4.69) is 25.9 Å². The molecule has 1 aromatic heterocycles. The fraction of sp³-hybridized carbons (Fsp3) is 0.400. The van der Waals surface area contributed by atoms with E-state index in [1.54, 1.807) is 21.0 Å². The lowest BCUT2D eigenvalue weighted by molar-refractivity contribution is -0.146. The number of esters is 2. The topological polar surface area (TPSA) is 164 Å². The second kappa shape index (κ2) is 15.1.